The second-order valence-corrected chi connectivity index (χ2v) is 7.07. The van der Waals surface area contributed by atoms with Crippen LogP contribution in [0.4, 0.5) is 0 Å². The Hall–Kier alpha value is -3.06. The fraction of sp³-hybridized carbons (Fsp3) is 0. The van der Waals surface area contributed by atoms with Crippen LogP contribution in [-0.2, 0) is 9.84 Å². The van der Waals surface area contributed by atoms with Gasteiger partial charge in [0.15, 0.2) is 0 Å². The van der Waals surface area contributed by atoms with Crippen molar-refractivity contribution >= 4 is 20.9 Å². The first-order valence-corrected chi connectivity index (χ1v) is 8.69. The largest absolute Gasteiger partial charge is 0.357 e. The molecule has 0 saturated heterocycles. The molecule has 24 heavy (non-hydrogen) atoms. The van der Waals surface area contributed by atoms with Gasteiger partial charge < -0.3 is 4.98 Å². The van der Waals surface area contributed by atoms with Gasteiger partial charge in [-0.15, -0.1) is 0 Å². The average Bonchev–Trinajstić information content (AvgIpc) is 3.08. The van der Waals surface area contributed by atoms with Crippen LogP contribution in [0.25, 0.3) is 22.3 Å². The van der Waals surface area contributed by atoms with Crippen molar-refractivity contribution < 1.29 is 8.42 Å². The van der Waals surface area contributed by atoms with Crippen molar-refractivity contribution in [3.63, 3.8) is 0 Å². The van der Waals surface area contributed by atoms with Crippen LogP contribution in [0.5, 0.6) is 0 Å². The topological polar surface area (TPSA) is 88.6 Å². The molecule has 0 atom stereocenters. The van der Waals surface area contributed by atoms with Gasteiger partial charge in [0.05, 0.1) is 16.1 Å². The first-order valence-electron chi connectivity index (χ1n) is 7.20. The van der Waals surface area contributed by atoms with Gasteiger partial charge in [-0.2, -0.15) is 0 Å². The molecule has 3 heterocycles. The maximum atomic E-state index is 12.9. The molecule has 1 aromatic carbocycles. The molecular formula is C17H12N4O2S. The number of aromatic amines is 1. The van der Waals surface area contributed by atoms with E-state index in [0.29, 0.717) is 16.7 Å². The third kappa shape index (κ3) is 2.26. The van der Waals surface area contributed by atoms with Gasteiger partial charge in [-0.25, -0.2) is 18.4 Å². The Kier molecular flexibility index (Phi) is 3.35. The molecule has 0 saturated carbocycles. The van der Waals surface area contributed by atoms with E-state index in [1.54, 1.807) is 42.7 Å². The number of aromatic nitrogens is 4. The van der Waals surface area contributed by atoms with E-state index in [2.05, 4.69) is 19.9 Å². The van der Waals surface area contributed by atoms with E-state index in [4.69, 9.17) is 0 Å². The van der Waals surface area contributed by atoms with Crippen LogP contribution in [0.15, 0.2) is 77.2 Å². The molecule has 1 N–H and O–H groups in total. The molecule has 6 nitrogen and oxygen atoms in total. The number of nitrogens with zero attached hydrogens (tertiary/aromatic N) is 3. The molecule has 0 radical (unpaired) electrons. The fourth-order valence-electron chi connectivity index (χ4n) is 2.58. The van der Waals surface area contributed by atoms with Gasteiger partial charge in [0.1, 0.15) is 16.7 Å². The monoisotopic (exact) mass is 336 g/mol. The molecule has 0 bridgehead atoms. The maximum Gasteiger partial charge on any atom is 0.210 e. The number of rotatable bonds is 3. The van der Waals surface area contributed by atoms with E-state index in [9.17, 15) is 8.42 Å². The normalized spacial score (nSPS) is 11.7. The van der Waals surface area contributed by atoms with Gasteiger partial charge in [0, 0.05) is 24.2 Å². The summed E-state index contributed by atoms with van der Waals surface area (Å²) >= 11 is 0. The number of pyridine rings is 1. The summed E-state index contributed by atoms with van der Waals surface area (Å²) in [6.45, 7) is 0. The van der Waals surface area contributed by atoms with Crippen molar-refractivity contribution in [2.45, 2.75) is 9.79 Å². The van der Waals surface area contributed by atoms with E-state index in [1.807, 2.05) is 12.1 Å². The predicted molar refractivity (Wildman–Crippen MR) is 89.0 cm³/mol. The summed E-state index contributed by atoms with van der Waals surface area (Å²) in [7, 11) is -3.66. The highest BCUT2D eigenvalue weighted by Crippen LogP contribution is 2.30. The lowest BCUT2D eigenvalue weighted by Gasteiger charge is -2.04. The second kappa shape index (κ2) is 5.54. The molecule has 4 rings (SSSR count). The van der Waals surface area contributed by atoms with Crippen LogP contribution in [-0.4, -0.2) is 28.4 Å². The first kappa shape index (κ1) is 14.5. The SMILES string of the molecule is O=S(=O)(c1ccccc1)c1c[nH]c2c(-c3ccncc3)ncnc12. The Morgan fingerprint density at radius 1 is 0.917 bits per heavy atom. The number of H-pyrrole nitrogens is 1. The van der Waals surface area contributed by atoms with Crippen LogP contribution in [0.2, 0.25) is 0 Å². The van der Waals surface area contributed by atoms with Gasteiger partial charge in [0.2, 0.25) is 9.84 Å². The molecular weight excluding hydrogens is 324 g/mol. The minimum atomic E-state index is -3.66. The standard InChI is InChI=1S/C17H12N4O2S/c22-24(23,13-4-2-1-3-5-13)14-10-19-17-15(20-11-21-16(14)17)12-6-8-18-9-7-12/h1-11,19H. The van der Waals surface area contributed by atoms with E-state index in [-0.39, 0.29) is 9.79 Å². The third-order valence-electron chi connectivity index (χ3n) is 3.73. The van der Waals surface area contributed by atoms with E-state index in [1.165, 1.54) is 12.5 Å². The number of hydrogen-bond acceptors (Lipinski definition) is 5. The van der Waals surface area contributed by atoms with Gasteiger partial charge in [0.25, 0.3) is 0 Å². The lowest BCUT2D eigenvalue weighted by molar-refractivity contribution is 0.597. The molecule has 3 aromatic heterocycles. The number of benzene rings is 1. The smallest absolute Gasteiger partial charge is 0.210 e. The molecule has 0 fully saturated rings. The fourth-order valence-corrected chi connectivity index (χ4v) is 3.97. The van der Waals surface area contributed by atoms with E-state index < -0.39 is 9.84 Å². The summed E-state index contributed by atoms with van der Waals surface area (Å²) in [5.41, 5.74) is 2.43. The first-order chi connectivity index (χ1) is 11.7. The number of hydrogen-bond donors (Lipinski definition) is 1. The molecule has 4 aromatic rings. The zero-order chi connectivity index (χ0) is 16.6. The van der Waals surface area contributed by atoms with Gasteiger partial charge >= 0.3 is 0 Å². The lowest BCUT2D eigenvalue weighted by Crippen LogP contribution is -2.01. The highest BCUT2D eigenvalue weighted by atomic mass is 32.2. The number of sulfone groups is 1. The Morgan fingerprint density at radius 2 is 1.67 bits per heavy atom. The van der Waals surface area contributed by atoms with Crippen LogP contribution >= 0.6 is 0 Å². The Labute approximate surface area is 138 Å². The van der Waals surface area contributed by atoms with Crippen molar-refractivity contribution in [3.8, 4) is 11.3 Å². The Bertz CT molecular complexity index is 1110. The number of nitrogens with one attached hydrogen (secondary N) is 1. The van der Waals surface area contributed by atoms with E-state index in [0.717, 1.165) is 5.56 Å². The summed E-state index contributed by atoms with van der Waals surface area (Å²) < 4.78 is 25.7. The summed E-state index contributed by atoms with van der Waals surface area (Å²) in [6, 6.07) is 11.9. The van der Waals surface area contributed by atoms with Crippen LogP contribution in [0.3, 0.4) is 0 Å². The van der Waals surface area contributed by atoms with Gasteiger partial charge in [-0.3, -0.25) is 4.98 Å². The molecule has 7 heteroatoms. The minimum absolute atomic E-state index is 0.140. The highest BCUT2D eigenvalue weighted by molar-refractivity contribution is 7.91. The number of fused-ring (bicyclic) bond motifs is 1. The maximum absolute atomic E-state index is 12.9. The minimum Gasteiger partial charge on any atom is -0.357 e. The van der Waals surface area contributed by atoms with Crippen molar-refractivity contribution in [2.75, 3.05) is 0 Å². The molecule has 0 aliphatic rings. The van der Waals surface area contributed by atoms with Crippen molar-refractivity contribution in [2.24, 2.45) is 0 Å². The zero-order valence-corrected chi connectivity index (χ0v) is 13.2. The summed E-state index contributed by atoms with van der Waals surface area (Å²) in [4.78, 5) is 15.8. The van der Waals surface area contributed by atoms with Crippen molar-refractivity contribution in [1.29, 1.82) is 0 Å². The Balaban J connectivity index is 1.94. The van der Waals surface area contributed by atoms with Crippen molar-refractivity contribution in [1.82, 2.24) is 19.9 Å². The molecule has 0 aliphatic heterocycles. The Morgan fingerprint density at radius 3 is 2.42 bits per heavy atom. The summed E-state index contributed by atoms with van der Waals surface area (Å²) in [5.74, 6) is 0. The van der Waals surface area contributed by atoms with Gasteiger partial charge in [-0.1, -0.05) is 18.2 Å². The lowest BCUT2D eigenvalue weighted by atomic mass is 10.2. The second-order valence-electron chi connectivity index (χ2n) is 5.15. The van der Waals surface area contributed by atoms with Crippen LogP contribution < -0.4 is 0 Å². The molecule has 118 valence electrons. The molecule has 0 aliphatic carbocycles. The summed E-state index contributed by atoms with van der Waals surface area (Å²) in [6.07, 6.45) is 6.16. The quantitative estimate of drug-likeness (QED) is 0.621. The van der Waals surface area contributed by atoms with Crippen LogP contribution in [0.1, 0.15) is 0 Å². The van der Waals surface area contributed by atoms with Gasteiger partial charge in [-0.05, 0) is 24.3 Å². The molecule has 0 amide bonds. The zero-order valence-electron chi connectivity index (χ0n) is 12.4. The summed E-state index contributed by atoms with van der Waals surface area (Å²) in [5, 5.41) is 0. The van der Waals surface area contributed by atoms with Crippen LogP contribution in [0, 0.1) is 0 Å². The third-order valence-corrected chi connectivity index (χ3v) is 5.51. The molecule has 0 unspecified atom stereocenters. The average molecular weight is 336 g/mol. The molecule has 0 spiro atoms. The predicted octanol–water partition coefficient (Wildman–Crippen LogP) is 2.85. The highest BCUT2D eigenvalue weighted by Gasteiger charge is 2.23. The van der Waals surface area contributed by atoms with E-state index >= 15 is 0 Å². The van der Waals surface area contributed by atoms with Crippen molar-refractivity contribution in [3.05, 3.63) is 67.4 Å².